The Balaban J connectivity index is 2.09. The van der Waals surface area contributed by atoms with E-state index in [2.05, 4.69) is 0 Å². The summed E-state index contributed by atoms with van der Waals surface area (Å²) in [5, 5.41) is 12.5. The van der Waals surface area contributed by atoms with Gasteiger partial charge in [0, 0.05) is 15.8 Å². The molecule has 0 atom stereocenters. The molecule has 4 aromatic rings. The van der Waals surface area contributed by atoms with Crippen molar-refractivity contribution in [1.29, 1.82) is 0 Å². The second-order valence-corrected chi connectivity index (χ2v) is 5.75. The first-order valence-electron chi connectivity index (χ1n) is 7.08. The van der Waals surface area contributed by atoms with Crippen molar-refractivity contribution < 1.29 is 14.3 Å². The number of aromatic carboxylic acids is 1. The molecule has 0 aliphatic heterocycles. The van der Waals surface area contributed by atoms with E-state index in [9.17, 15) is 4.79 Å². The Morgan fingerprint density at radius 1 is 0.957 bits per heavy atom. The third-order valence-electron chi connectivity index (χ3n) is 3.89. The van der Waals surface area contributed by atoms with Crippen molar-refractivity contribution in [3.8, 4) is 11.1 Å². The van der Waals surface area contributed by atoms with Crippen molar-refractivity contribution in [1.82, 2.24) is 0 Å². The predicted octanol–water partition coefficient (Wildman–Crippen LogP) is 5.60. The zero-order valence-corrected chi connectivity index (χ0v) is 12.7. The van der Waals surface area contributed by atoms with Crippen LogP contribution in [0.2, 0.25) is 5.02 Å². The van der Waals surface area contributed by atoms with Gasteiger partial charge in [-0.3, -0.25) is 0 Å². The molecule has 23 heavy (non-hydrogen) atoms. The molecule has 0 saturated carbocycles. The van der Waals surface area contributed by atoms with E-state index in [4.69, 9.17) is 21.1 Å². The maximum atomic E-state index is 11.2. The fourth-order valence-corrected chi connectivity index (χ4v) is 2.97. The van der Waals surface area contributed by atoms with Crippen LogP contribution >= 0.6 is 11.6 Å². The summed E-state index contributed by atoms with van der Waals surface area (Å²) >= 11 is 5.97. The molecule has 1 heterocycles. The molecule has 0 amide bonds. The average Bonchev–Trinajstić information content (AvgIpc) is 3.00. The lowest BCUT2D eigenvalue weighted by molar-refractivity contribution is 0.0665. The molecule has 0 fully saturated rings. The fraction of sp³-hybridized carbons (Fsp3) is 0. The molecule has 0 saturated heterocycles. The van der Waals surface area contributed by atoms with E-state index >= 15 is 0 Å². The lowest BCUT2D eigenvalue weighted by Crippen LogP contribution is -1.91. The molecule has 1 aromatic heterocycles. The van der Waals surface area contributed by atoms with Crippen molar-refractivity contribution in [3.05, 3.63) is 71.4 Å². The van der Waals surface area contributed by atoms with Crippen molar-refractivity contribution in [3.63, 3.8) is 0 Å². The van der Waals surface area contributed by atoms with E-state index in [-0.39, 0.29) is 5.76 Å². The minimum absolute atomic E-state index is 0.0570. The van der Waals surface area contributed by atoms with Crippen LogP contribution in [0.5, 0.6) is 0 Å². The molecule has 0 spiro atoms. The highest BCUT2D eigenvalue weighted by Gasteiger charge is 2.15. The van der Waals surface area contributed by atoms with Crippen LogP contribution < -0.4 is 0 Å². The van der Waals surface area contributed by atoms with Gasteiger partial charge < -0.3 is 9.52 Å². The van der Waals surface area contributed by atoms with E-state index in [1.54, 1.807) is 6.07 Å². The number of hydrogen-bond donors (Lipinski definition) is 1. The van der Waals surface area contributed by atoms with Crippen LogP contribution in [0, 0.1) is 0 Å². The standard InChI is InChI=1S/C19H11ClO3/c20-13-7-5-11(6-8-13)16-9-12-10-17(19(21)22)23-18(12)15-4-2-1-3-14(15)16/h1-10H,(H,21,22). The van der Waals surface area contributed by atoms with Gasteiger partial charge >= 0.3 is 5.97 Å². The summed E-state index contributed by atoms with van der Waals surface area (Å²) in [6.07, 6.45) is 0. The molecule has 1 N–H and O–H groups in total. The van der Waals surface area contributed by atoms with E-state index in [1.807, 2.05) is 54.6 Å². The number of benzene rings is 3. The average molecular weight is 323 g/mol. The Kier molecular flexibility index (Phi) is 3.10. The van der Waals surface area contributed by atoms with Crippen LogP contribution in [0.1, 0.15) is 10.6 Å². The molecule has 0 aliphatic rings. The highest BCUT2D eigenvalue weighted by molar-refractivity contribution is 6.30. The van der Waals surface area contributed by atoms with Gasteiger partial charge in [0.1, 0.15) is 5.58 Å². The smallest absolute Gasteiger partial charge is 0.371 e. The molecule has 3 aromatic carbocycles. The highest BCUT2D eigenvalue weighted by Crippen LogP contribution is 2.36. The first-order chi connectivity index (χ1) is 11.1. The third-order valence-corrected chi connectivity index (χ3v) is 4.14. The molecule has 4 heteroatoms. The number of carboxylic acids is 1. The second kappa shape index (κ2) is 5.14. The molecule has 3 nitrogen and oxygen atoms in total. The van der Waals surface area contributed by atoms with Crippen LogP contribution in [0.25, 0.3) is 32.9 Å². The Bertz CT molecular complexity index is 1050. The number of fused-ring (bicyclic) bond motifs is 3. The summed E-state index contributed by atoms with van der Waals surface area (Å²) < 4.78 is 5.53. The summed E-state index contributed by atoms with van der Waals surface area (Å²) in [5.41, 5.74) is 2.63. The molecular formula is C19H11ClO3. The quantitative estimate of drug-likeness (QED) is 0.522. The van der Waals surface area contributed by atoms with E-state index in [1.165, 1.54) is 0 Å². The molecular weight excluding hydrogens is 312 g/mol. The zero-order valence-electron chi connectivity index (χ0n) is 11.9. The largest absolute Gasteiger partial charge is 0.475 e. The Hall–Kier alpha value is -2.78. The second-order valence-electron chi connectivity index (χ2n) is 5.31. The molecule has 112 valence electrons. The predicted molar refractivity (Wildman–Crippen MR) is 91.1 cm³/mol. The van der Waals surface area contributed by atoms with Gasteiger partial charge in [0.25, 0.3) is 0 Å². The summed E-state index contributed by atoms with van der Waals surface area (Å²) in [4.78, 5) is 11.2. The number of carboxylic acid groups (broad SMARTS) is 1. The van der Waals surface area contributed by atoms with Crippen molar-refractivity contribution in [2.45, 2.75) is 0 Å². The van der Waals surface area contributed by atoms with Crippen molar-refractivity contribution in [2.24, 2.45) is 0 Å². The summed E-state index contributed by atoms with van der Waals surface area (Å²) in [6.45, 7) is 0. The van der Waals surface area contributed by atoms with E-state index < -0.39 is 5.97 Å². The van der Waals surface area contributed by atoms with Crippen LogP contribution in [0.3, 0.4) is 0 Å². The Morgan fingerprint density at radius 2 is 1.65 bits per heavy atom. The summed E-state index contributed by atoms with van der Waals surface area (Å²) in [7, 11) is 0. The zero-order chi connectivity index (χ0) is 16.0. The lowest BCUT2D eigenvalue weighted by atomic mass is 9.96. The van der Waals surface area contributed by atoms with Gasteiger partial charge in [-0.05, 0) is 40.8 Å². The number of furan rings is 1. The third kappa shape index (κ3) is 2.26. The number of carbonyl (C=O) groups is 1. The van der Waals surface area contributed by atoms with Crippen molar-refractivity contribution in [2.75, 3.05) is 0 Å². The first kappa shape index (κ1) is 13.9. The van der Waals surface area contributed by atoms with Gasteiger partial charge in [-0.2, -0.15) is 0 Å². The maximum Gasteiger partial charge on any atom is 0.371 e. The molecule has 4 rings (SSSR count). The summed E-state index contributed by atoms with van der Waals surface area (Å²) in [5.74, 6) is -1.13. The first-order valence-corrected chi connectivity index (χ1v) is 7.46. The van der Waals surface area contributed by atoms with E-state index in [0.29, 0.717) is 10.6 Å². The monoisotopic (exact) mass is 322 g/mol. The molecule has 0 aliphatic carbocycles. The van der Waals surface area contributed by atoms with Gasteiger partial charge in [-0.1, -0.05) is 48.0 Å². The number of hydrogen-bond acceptors (Lipinski definition) is 2. The van der Waals surface area contributed by atoms with Crippen LogP contribution in [-0.2, 0) is 0 Å². The Morgan fingerprint density at radius 3 is 2.35 bits per heavy atom. The minimum atomic E-state index is -1.07. The normalized spacial score (nSPS) is 11.2. The molecule has 0 bridgehead atoms. The topological polar surface area (TPSA) is 50.4 Å². The van der Waals surface area contributed by atoms with Gasteiger partial charge in [-0.25, -0.2) is 4.79 Å². The van der Waals surface area contributed by atoms with E-state index in [0.717, 1.165) is 27.3 Å². The number of halogens is 1. The van der Waals surface area contributed by atoms with Gasteiger partial charge in [0.2, 0.25) is 5.76 Å². The Labute approximate surface area is 136 Å². The summed E-state index contributed by atoms with van der Waals surface area (Å²) in [6, 6.07) is 18.9. The maximum absolute atomic E-state index is 11.2. The lowest BCUT2D eigenvalue weighted by Gasteiger charge is -2.08. The molecule has 0 radical (unpaired) electrons. The highest BCUT2D eigenvalue weighted by atomic mass is 35.5. The van der Waals surface area contributed by atoms with Crippen LogP contribution in [0.15, 0.2) is 65.1 Å². The van der Waals surface area contributed by atoms with Gasteiger partial charge in [0.05, 0.1) is 0 Å². The van der Waals surface area contributed by atoms with Crippen molar-refractivity contribution >= 4 is 39.3 Å². The van der Waals surface area contributed by atoms with Crippen LogP contribution in [-0.4, -0.2) is 11.1 Å². The fourth-order valence-electron chi connectivity index (χ4n) is 2.85. The minimum Gasteiger partial charge on any atom is -0.475 e. The SMILES string of the molecule is O=C(O)c1cc2cc(-c3ccc(Cl)cc3)c3ccccc3c2o1. The number of rotatable bonds is 2. The molecule has 0 unspecified atom stereocenters. The van der Waals surface area contributed by atoms with Gasteiger partial charge in [-0.15, -0.1) is 0 Å². The van der Waals surface area contributed by atoms with Crippen LogP contribution in [0.4, 0.5) is 0 Å². The van der Waals surface area contributed by atoms with Gasteiger partial charge in [0.15, 0.2) is 0 Å².